The summed E-state index contributed by atoms with van der Waals surface area (Å²) in [6.45, 7) is 3.59. The number of rotatable bonds is 3. The zero-order valence-corrected chi connectivity index (χ0v) is 5.67. The second-order valence-corrected chi connectivity index (χ2v) is 1.98. The Bertz CT molecular complexity index is 217. The van der Waals surface area contributed by atoms with Crippen LogP contribution in [0, 0.1) is 0 Å². The van der Waals surface area contributed by atoms with Gasteiger partial charge in [0, 0.05) is 6.42 Å². The molecule has 3 nitrogen and oxygen atoms in total. The van der Waals surface area contributed by atoms with E-state index in [1.165, 1.54) is 0 Å². The molecule has 0 atom stereocenters. The van der Waals surface area contributed by atoms with Crippen LogP contribution in [0.5, 0.6) is 0 Å². The molecule has 0 saturated carbocycles. The summed E-state index contributed by atoms with van der Waals surface area (Å²) in [5, 5.41) is 8.73. The van der Waals surface area contributed by atoms with E-state index in [1.807, 2.05) is 0 Å². The fourth-order valence-corrected chi connectivity index (χ4v) is 0.799. The molecule has 0 saturated heterocycles. The molecular weight excluding hydrogens is 128 g/mol. The van der Waals surface area contributed by atoms with Gasteiger partial charge in [-0.25, -0.2) is 4.98 Å². The van der Waals surface area contributed by atoms with Crippen molar-refractivity contribution in [1.29, 1.82) is 0 Å². The van der Waals surface area contributed by atoms with Gasteiger partial charge in [0.25, 0.3) is 0 Å². The molecule has 0 aliphatic carbocycles. The van der Waals surface area contributed by atoms with E-state index < -0.39 is 0 Å². The molecule has 1 heterocycles. The molecule has 0 fully saturated rings. The standard InChI is InChI=1S/C7H10N2O/c1-2-3-6-7(4-10)9-5-8-6/h2,5,10H,1,3-4H2,(H,8,9). The molecular formula is C7H10N2O. The monoisotopic (exact) mass is 138 g/mol. The first-order valence-electron chi connectivity index (χ1n) is 3.11. The number of hydrogen-bond acceptors (Lipinski definition) is 2. The van der Waals surface area contributed by atoms with Crippen molar-refractivity contribution in [3.05, 3.63) is 30.4 Å². The van der Waals surface area contributed by atoms with Gasteiger partial charge in [-0.05, 0) is 0 Å². The third kappa shape index (κ3) is 1.25. The van der Waals surface area contributed by atoms with E-state index in [4.69, 9.17) is 5.11 Å². The van der Waals surface area contributed by atoms with Crippen LogP contribution < -0.4 is 0 Å². The number of H-pyrrole nitrogens is 1. The number of aliphatic hydroxyl groups is 1. The smallest absolute Gasteiger partial charge is 0.0926 e. The Morgan fingerprint density at radius 2 is 2.60 bits per heavy atom. The second kappa shape index (κ2) is 3.17. The normalized spacial score (nSPS) is 9.70. The van der Waals surface area contributed by atoms with E-state index in [1.54, 1.807) is 12.4 Å². The molecule has 54 valence electrons. The molecule has 0 unspecified atom stereocenters. The van der Waals surface area contributed by atoms with Crippen molar-refractivity contribution >= 4 is 0 Å². The average molecular weight is 138 g/mol. The molecule has 0 radical (unpaired) electrons. The van der Waals surface area contributed by atoms with E-state index >= 15 is 0 Å². The van der Waals surface area contributed by atoms with Gasteiger partial charge in [0.15, 0.2) is 0 Å². The van der Waals surface area contributed by atoms with E-state index in [-0.39, 0.29) is 6.61 Å². The Labute approximate surface area is 59.4 Å². The first-order valence-corrected chi connectivity index (χ1v) is 3.11. The molecule has 0 aliphatic rings. The second-order valence-electron chi connectivity index (χ2n) is 1.98. The summed E-state index contributed by atoms with van der Waals surface area (Å²) in [5.41, 5.74) is 1.65. The highest BCUT2D eigenvalue weighted by atomic mass is 16.3. The lowest BCUT2D eigenvalue weighted by Crippen LogP contribution is -1.90. The van der Waals surface area contributed by atoms with Gasteiger partial charge in [-0.1, -0.05) is 6.08 Å². The average Bonchev–Trinajstić information content (AvgIpc) is 2.36. The Balaban J connectivity index is 2.79. The van der Waals surface area contributed by atoms with Crippen molar-refractivity contribution in [3.8, 4) is 0 Å². The Morgan fingerprint density at radius 1 is 1.80 bits per heavy atom. The summed E-state index contributed by atoms with van der Waals surface area (Å²) in [6, 6.07) is 0. The van der Waals surface area contributed by atoms with Crippen LogP contribution >= 0.6 is 0 Å². The Morgan fingerprint density at radius 3 is 3.20 bits per heavy atom. The number of aliphatic hydroxyl groups excluding tert-OH is 1. The number of aromatic nitrogens is 2. The van der Waals surface area contributed by atoms with Crippen LogP contribution in [0.2, 0.25) is 0 Å². The summed E-state index contributed by atoms with van der Waals surface area (Å²) < 4.78 is 0. The molecule has 10 heavy (non-hydrogen) atoms. The number of allylic oxidation sites excluding steroid dienone is 1. The minimum atomic E-state index is 0.0170. The lowest BCUT2D eigenvalue weighted by Gasteiger charge is -1.92. The maximum atomic E-state index is 8.73. The van der Waals surface area contributed by atoms with Gasteiger partial charge in [-0.15, -0.1) is 6.58 Å². The van der Waals surface area contributed by atoms with Gasteiger partial charge in [0.2, 0.25) is 0 Å². The lowest BCUT2D eigenvalue weighted by atomic mass is 10.2. The summed E-state index contributed by atoms with van der Waals surface area (Å²) in [6.07, 6.45) is 4.04. The summed E-state index contributed by atoms with van der Waals surface area (Å²) in [4.78, 5) is 6.82. The lowest BCUT2D eigenvalue weighted by molar-refractivity contribution is 0.276. The molecule has 0 aromatic carbocycles. The number of nitrogens with zero attached hydrogens (tertiary/aromatic N) is 1. The summed E-state index contributed by atoms with van der Waals surface area (Å²) >= 11 is 0. The first kappa shape index (κ1) is 7.02. The van der Waals surface area contributed by atoms with Gasteiger partial charge in [0.1, 0.15) is 0 Å². The first-order chi connectivity index (χ1) is 4.88. The largest absolute Gasteiger partial charge is 0.390 e. The van der Waals surface area contributed by atoms with E-state index in [0.29, 0.717) is 6.42 Å². The maximum absolute atomic E-state index is 8.73. The van der Waals surface area contributed by atoms with E-state index in [0.717, 1.165) is 11.4 Å². The van der Waals surface area contributed by atoms with Crippen molar-refractivity contribution < 1.29 is 5.11 Å². The molecule has 0 aliphatic heterocycles. The maximum Gasteiger partial charge on any atom is 0.0926 e. The van der Waals surface area contributed by atoms with Gasteiger partial charge in [-0.2, -0.15) is 0 Å². The van der Waals surface area contributed by atoms with Crippen LogP contribution in [0.25, 0.3) is 0 Å². The third-order valence-corrected chi connectivity index (χ3v) is 1.30. The van der Waals surface area contributed by atoms with Crippen LogP contribution in [0.4, 0.5) is 0 Å². The predicted molar refractivity (Wildman–Crippen MR) is 38.4 cm³/mol. The topological polar surface area (TPSA) is 48.9 Å². The van der Waals surface area contributed by atoms with Crippen LogP contribution in [0.15, 0.2) is 19.0 Å². The van der Waals surface area contributed by atoms with Gasteiger partial charge < -0.3 is 10.1 Å². The zero-order chi connectivity index (χ0) is 7.40. The highest BCUT2D eigenvalue weighted by molar-refractivity contribution is 5.12. The molecule has 3 heteroatoms. The molecule has 0 bridgehead atoms. The van der Waals surface area contributed by atoms with Crippen LogP contribution in [-0.4, -0.2) is 15.1 Å². The molecule has 0 spiro atoms. The Kier molecular flexibility index (Phi) is 2.23. The van der Waals surface area contributed by atoms with Gasteiger partial charge in [-0.3, -0.25) is 0 Å². The number of imidazole rings is 1. The minimum absolute atomic E-state index is 0.0170. The fraction of sp³-hybridized carbons (Fsp3) is 0.286. The van der Waals surface area contributed by atoms with Gasteiger partial charge in [0.05, 0.1) is 24.3 Å². The van der Waals surface area contributed by atoms with Crippen molar-refractivity contribution in [2.24, 2.45) is 0 Å². The molecule has 1 aromatic heterocycles. The van der Waals surface area contributed by atoms with Crippen molar-refractivity contribution in [2.75, 3.05) is 0 Å². The molecule has 0 amide bonds. The van der Waals surface area contributed by atoms with E-state index in [2.05, 4.69) is 16.5 Å². The summed E-state index contributed by atoms with van der Waals surface area (Å²) in [5.74, 6) is 0. The quantitative estimate of drug-likeness (QED) is 0.602. The number of nitrogens with one attached hydrogen (secondary N) is 1. The number of aromatic amines is 1. The Hall–Kier alpha value is -1.09. The predicted octanol–water partition coefficient (Wildman–Crippen LogP) is 0.630. The summed E-state index contributed by atoms with van der Waals surface area (Å²) in [7, 11) is 0. The zero-order valence-electron chi connectivity index (χ0n) is 5.67. The SMILES string of the molecule is C=CCc1nc[nH]c1CO. The number of hydrogen-bond donors (Lipinski definition) is 2. The van der Waals surface area contributed by atoms with E-state index in [9.17, 15) is 0 Å². The minimum Gasteiger partial charge on any atom is -0.390 e. The fourth-order valence-electron chi connectivity index (χ4n) is 0.799. The molecule has 2 N–H and O–H groups in total. The van der Waals surface area contributed by atoms with Crippen LogP contribution in [0.1, 0.15) is 11.4 Å². The van der Waals surface area contributed by atoms with Crippen LogP contribution in [-0.2, 0) is 13.0 Å². The molecule has 1 rings (SSSR count). The highest BCUT2D eigenvalue weighted by Gasteiger charge is 1.99. The highest BCUT2D eigenvalue weighted by Crippen LogP contribution is 2.02. The molecule has 1 aromatic rings. The van der Waals surface area contributed by atoms with Crippen LogP contribution in [0.3, 0.4) is 0 Å². The van der Waals surface area contributed by atoms with Gasteiger partial charge >= 0.3 is 0 Å². The van der Waals surface area contributed by atoms with Crippen molar-refractivity contribution in [2.45, 2.75) is 13.0 Å². The third-order valence-electron chi connectivity index (χ3n) is 1.30. The van der Waals surface area contributed by atoms with Crippen molar-refractivity contribution in [3.63, 3.8) is 0 Å². The van der Waals surface area contributed by atoms with Crippen molar-refractivity contribution in [1.82, 2.24) is 9.97 Å².